The molecule has 0 radical (unpaired) electrons. The zero-order valence-corrected chi connectivity index (χ0v) is 19.8. The quantitative estimate of drug-likeness (QED) is 0.194. The van der Waals surface area contributed by atoms with E-state index in [4.69, 9.17) is 51.1 Å². The topological polar surface area (TPSA) is 110 Å². The predicted molar refractivity (Wildman–Crippen MR) is 132 cm³/mol. The van der Waals surface area contributed by atoms with Crippen LogP contribution in [0.15, 0.2) is 60.7 Å². The molecule has 0 saturated heterocycles. The van der Waals surface area contributed by atoms with Gasteiger partial charge in [-0.05, 0) is 36.4 Å². The number of halogens is 4. The molecule has 0 unspecified atom stereocenters. The van der Waals surface area contributed by atoms with Crippen LogP contribution in [0.1, 0.15) is 10.5 Å². The van der Waals surface area contributed by atoms with E-state index in [1.807, 2.05) is 0 Å². The number of aromatic nitrogens is 2. The first-order chi connectivity index (χ1) is 16.2. The molecule has 0 fully saturated rings. The van der Waals surface area contributed by atoms with Crippen molar-refractivity contribution in [1.82, 2.24) is 10.2 Å². The predicted octanol–water partition coefficient (Wildman–Crippen LogP) is 7.64. The van der Waals surface area contributed by atoms with E-state index in [2.05, 4.69) is 15.5 Å². The summed E-state index contributed by atoms with van der Waals surface area (Å²) in [6.45, 7) is 0. The van der Waals surface area contributed by atoms with E-state index < -0.39 is 10.8 Å². The second-order valence-corrected chi connectivity index (χ2v) is 8.56. The summed E-state index contributed by atoms with van der Waals surface area (Å²) in [4.78, 5) is 23.5. The molecule has 0 aliphatic rings. The van der Waals surface area contributed by atoms with Gasteiger partial charge in [-0.15, -0.1) is 0 Å². The van der Waals surface area contributed by atoms with E-state index in [-0.39, 0.29) is 33.6 Å². The number of carbonyl (C=O) groups is 1. The lowest BCUT2D eigenvalue weighted by atomic mass is 10.1. The van der Waals surface area contributed by atoms with Crippen molar-refractivity contribution in [3.8, 4) is 22.8 Å². The zero-order chi connectivity index (χ0) is 24.4. The summed E-state index contributed by atoms with van der Waals surface area (Å²) in [5, 5.41) is 22.1. The van der Waals surface area contributed by atoms with Crippen LogP contribution in [0.25, 0.3) is 11.3 Å². The highest BCUT2D eigenvalue weighted by Crippen LogP contribution is 2.35. The number of hydrogen-bond acceptors (Lipinski definition) is 5. The van der Waals surface area contributed by atoms with E-state index in [1.54, 1.807) is 24.3 Å². The van der Waals surface area contributed by atoms with Crippen LogP contribution in [0, 0.1) is 10.1 Å². The number of amides is 1. The fourth-order valence-electron chi connectivity index (χ4n) is 2.94. The van der Waals surface area contributed by atoms with Gasteiger partial charge in [-0.3, -0.25) is 20.0 Å². The van der Waals surface area contributed by atoms with Gasteiger partial charge in [-0.1, -0.05) is 52.5 Å². The lowest BCUT2D eigenvalue weighted by Crippen LogP contribution is -2.12. The van der Waals surface area contributed by atoms with Gasteiger partial charge in [0.05, 0.1) is 37.4 Å². The Morgan fingerprint density at radius 2 is 1.74 bits per heavy atom. The Morgan fingerprint density at radius 1 is 0.941 bits per heavy atom. The third-order valence-corrected chi connectivity index (χ3v) is 5.79. The molecule has 3 aromatic carbocycles. The molecule has 0 aliphatic carbocycles. The highest BCUT2D eigenvalue weighted by atomic mass is 35.5. The minimum Gasteiger partial charge on any atom is -0.455 e. The van der Waals surface area contributed by atoms with Gasteiger partial charge in [0.2, 0.25) is 0 Å². The van der Waals surface area contributed by atoms with Crippen molar-refractivity contribution in [3.63, 3.8) is 0 Å². The monoisotopic (exact) mass is 536 g/mol. The minimum atomic E-state index is -0.607. The van der Waals surface area contributed by atoms with Crippen LogP contribution < -0.4 is 10.1 Å². The summed E-state index contributed by atoms with van der Waals surface area (Å²) in [7, 11) is 0. The summed E-state index contributed by atoms with van der Waals surface area (Å²) in [6, 6.07) is 14.8. The molecule has 0 bridgehead atoms. The van der Waals surface area contributed by atoms with Gasteiger partial charge < -0.3 is 10.1 Å². The van der Waals surface area contributed by atoms with Crippen molar-refractivity contribution in [3.05, 3.63) is 96.6 Å². The molecule has 4 aromatic rings. The fraction of sp³-hybridized carbons (Fsp3) is 0. The van der Waals surface area contributed by atoms with Crippen molar-refractivity contribution in [1.29, 1.82) is 0 Å². The number of H-pyrrole nitrogens is 1. The van der Waals surface area contributed by atoms with Crippen LogP contribution in [-0.2, 0) is 0 Å². The maximum atomic E-state index is 12.7. The molecular formula is C22H12Cl4N4O4. The Labute approximate surface area is 212 Å². The Balaban J connectivity index is 1.58. The summed E-state index contributed by atoms with van der Waals surface area (Å²) < 4.78 is 5.68. The highest BCUT2D eigenvalue weighted by Gasteiger charge is 2.17. The van der Waals surface area contributed by atoms with Crippen molar-refractivity contribution >= 4 is 63.7 Å². The maximum Gasteiger partial charge on any atom is 0.275 e. The van der Waals surface area contributed by atoms with Gasteiger partial charge in [0, 0.05) is 22.7 Å². The number of benzene rings is 3. The fourth-order valence-corrected chi connectivity index (χ4v) is 3.69. The van der Waals surface area contributed by atoms with E-state index >= 15 is 0 Å². The van der Waals surface area contributed by atoms with Gasteiger partial charge in [0.25, 0.3) is 11.6 Å². The van der Waals surface area contributed by atoms with E-state index in [9.17, 15) is 14.9 Å². The Hall–Kier alpha value is -3.30. The van der Waals surface area contributed by atoms with Gasteiger partial charge in [0.1, 0.15) is 17.2 Å². The number of carbonyl (C=O) groups excluding carboxylic acids is 1. The number of ether oxygens (including phenoxy) is 1. The molecule has 1 amide bonds. The van der Waals surface area contributed by atoms with Gasteiger partial charge in [-0.2, -0.15) is 5.10 Å². The maximum absolute atomic E-state index is 12.7. The molecule has 1 heterocycles. The molecule has 34 heavy (non-hydrogen) atoms. The van der Waals surface area contributed by atoms with Crippen LogP contribution in [-0.4, -0.2) is 21.0 Å². The molecule has 8 nitrogen and oxygen atoms in total. The van der Waals surface area contributed by atoms with E-state index in [1.165, 1.54) is 36.4 Å². The lowest BCUT2D eigenvalue weighted by Gasteiger charge is -2.10. The zero-order valence-electron chi connectivity index (χ0n) is 16.8. The molecule has 172 valence electrons. The largest absolute Gasteiger partial charge is 0.455 e. The van der Waals surface area contributed by atoms with Crippen LogP contribution >= 0.6 is 46.4 Å². The highest BCUT2D eigenvalue weighted by molar-refractivity contribution is 6.42. The number of non-ortho nitro benzene ring substituents is 1. The van der Waals surface area contributed by atoms with Crippen LogP contribution in [0.4, 0.5) is 11.4 Å². The van der Waals surface area contributed by atoms with Crippen LogP contribution in [0.5, 0.6) is 11.5 Å². The number of anilines is 1. The molecule has 0 aliphatic heterocycles. The molecular weight excluding hydrogens is 526 g/mol. The number of hydrogen-bond donors (Lipinski definition) is 2. The number of nitrogens with one attached hydrogen (secondary N) is 2. The molecule has 1 aromatic heterocycles. The van der Waals surface area contributed by atoms with Crippen LogP contribution in [0.2, 0.25) is 20.1 Å². The SMILES string of the molecule is O=C(Nc1cc(Oc2ccc(Cl)cc2Cl)cc([N+](=O)[O-])c1)c1cc(-c2ccc(Cl)c(Cl)c2)n[nH]1. The Morgan fingerprint density at radius 3 is 2.44 bits per heavy atom. The standard InChI is InChI=1S/C22H12Cl4N4O4/c23-12-2-4-21(18(26)6-12)34-15-8-13(7-14(9-15)30(32)33)27-22(31)20-10-19(28-29-20)11-1-3-16(24)17(25)5-11/h1-10H,(H,27,31)(H,28,29). The van der Waals surface area contributed by atoms with Crippen molar-refractivity contribution in [2.45, 2.75) is 0 Å². The lowest BCUT2D eigenvalue weighted by molar-refractivity contribution is -0.384. The van der Waals surface area contributed by atoms with Crippen LogP contribution in [0.3, 0.4) is 0 Å². The average molecular weight is 538 g/mol. The molecule has 0 spiro atoms. The van der Waals surface area contributed by atoms with Crippen molar-refractivity contribution in [2.24, 2.45) is 0 Å². The Bertz CT molecular complexity index is 1420. The summed E-state index contributed by atoms with van der Waals surface area (Å²) in [6.07, 6.45) is 0. The summed E-state index contributed by atoms with van der Waals surface area (Å²) in [5.74, 6) is -0.242. The van der Waals surface area contributed by atoms with Gasteiger partial charge in [-0.25, -0.2) is 0 Å². The summed E-state index contributed by atoms with van der Waals surface area (Å²) >= 11 is 24.0. The number of nitrogens with zero attached hydrogens (tertiary/aromatic N) is 2. The number of nitro groups is 1. The normalized spacial score (nSPS) is 10.7. The van der Waals surface area contributed by atoms with E-state index in [0.717, 1.165) is 0 Å². The third-order valence-electron chi connectivity index (χ3n) is 4.52. The molecule has 4 rings (SSSR count). The van der Waals surface area contributed by atoms with E-state index in [0.29, 0.717) is 26.3 Å². The van der Waals surface area contributed by atoms with Gasteiger partial charge >= 0.3 is 0 Å². The number of nitro benzene ring substituents is 1. The average Bonchev–Trinajstić information content (AvgIpc) is 3.28. The van der Waals surface area contributed by atoms with Crippen molar-refractivity contribution < 1.29 is 14.5 Å². The van der Waals surface area contributed by atoms with Gasteiger partial charge in [0.15, 0.2) is 0 Å². The first-order valence-corrected chi connectivity index (χ1v) is 11.0. The number of aromatic amines is 1. The first kappa shape index (κ1) is 23.8. The second kappa shape index (κ2) is 9.90. The molecule has 0 atom stereocenters. The second-order valence-electron chi connectivity index (χ2n) is 6.90. The smallest absolute Gasteiger partial charge is 0.275 e. The summed E-state index contributed by atoms with van der Waals surface area (Å²) in [5.41, 5.74) is 1.07. The molecule has 0 saturated carbocycles. The first-order valence-electron chi connectivity index (χ1n) is 9.44. The molecule has 2 N–H and O–H groups in total. The third kappa shape index (κ3) is 5.43. The van der Waals surface area contributed by atoms with Crippen molar-refractivity contribution in [2.75, 3.05) is 5.32 Å². The molecule has 12 heteroatoms. The minimum absolute atomic E-state index is 0.0924. The number of rotatable bonds is 6. The Kier molecular flexibility index (Phi) is 6.95.